The van der Waals surface area contributed by atoms with Crippen molar-refractivity contribution in [1.82, 2.24) is 0 Å². The van der Waals surface area contributed by atoms with Crippen LogP contribution in [0.4, 0.5) is 5.69 Å². The topological polar surface area (TPSA) is 103 Å². The van der Waals surface area contributed by atoms with Crippen LogP contribution in [0.15, 0.2) is 46.4 Å². The van der Waals surface area contributed by atoms with Crippen LogP contribution < -0.4 is 5.32 Å². The van der Waals surface area contributed by atoms with E-state index in [1.165, 1.54) is 18.2 Å². The number of carboxylic acid groups (broad SMARTS) is 1. The van der Waals surface area contributed by atoms with Crippen LogP contribution in [0.5, 0.6) is 0 Å². The molecule has 126 valence electrons. The summed E-state index contributed by atoms with van der Waals surface area (Å²) in [5, 5.41) is 20.9. The number of nitrogens with one attached hydrogen (secondary N) is 1. The summed E-state index contributed by atoms with van der Waals surface area (Å²) in [7, 11) is 0. The highest BCUT2D eigenvalue weighted by atomic mass is 16.4. The first-order valence-corrected chi connectivity index (χ1v) is 7.84. The van der Waals surface area contributed by atoms with Crippen LogP contribution in [0.2, 0.25) is 0 Å². The standard InChI is InChI=1S/C19H16N2O4/c1-11-8-15(11)17-7-6-13(25-17)9-12(10-20)18(22)21-16-5-3-2-4-14(16)19(23)24/h2-7,9,11,15H,8H2,1H3,(H,21,22)(H,23,24)/b12-9+/t11-,15+/m1/s1. The number of carbonyl (C=O) groups excluding carboxylic acids is 1. The second-order valence-electron chi connectivity index (χ2n) is 6.03. The van der Waals surface area contributed by atoms with Gasteiger partial charge in [-0.25, -0.2) is 4.79 Å². The fourth-order valence-electron chi connectivity index (χ4n) is 2.62. The van der Waals surface area contributed by atoms with Crippen molar-refractivity contribution in [3.63, 3.8) is 0 Å². The van der Waals surface area contributed by atoms with Gasteiger partial charge in [0.15, 0.2) is 0 Å². The van der Waals surface area contributed by atoms with Crippen molar-refractivity contribution < 1.29 is 19.1 Å². The molecule has 0 unspecified atom stereocenters. The molecular weight excluding hydrogens is 320 g/mol. The van der Waals surface area contributed by atoms with Gasteiger partial charge in [0.05, 0.1) is 11.3 Å². The number of hydrogen-bond donors (Lipinski definition) is 2. The van der Waals surface area contributed by atoms with Gasteiger partial charge >= 0.3 is 5.97 Å². The van der Waals surface area contributed by atoms with Crippen LogP contribution in [0, 0.1) is 17.2 Å². The minimum absolute atomic E-state index is 0.0452. The number of aromatic carboxylic acids is 1. The van der Waals surface area contributed by atoms with E-state index in [9.17, 15) is 14.9 Å². The number of benzene rings is 1. The zero-order chi connectivity index (χ0) is 18.0. The number of anilines is 1. The molecule has 0 radical (unpaired) electrons. The molecule has 1 aliphatic carbocycles. The summed E-state index contributed by atoms with van der Waals surface area (Å²) in [4.78, 5) is 23.5. The minimum Gasteiger partial charge on any atom is -0.478 e. The van der Waals surface area contributed by atoms with Crippen molar-refractivity contribution in [1.29, 1.82) is 5.26 Å². The van der Waals surface area contributed by atoms with Gasteiger partial charge in [0.1, 0.15) is 23.2 Å². The maximum atomic E-state index is 12.3. The molecule has 1 aliphatic rings. The van der Waals surface area contributed by atoms with Crippen molar-refractivity contribution in [3.8, 4) is 6.07 Å². The number of hydrogen-bond acceptors (Lipinski definition) is 4. The van der Waals surface area contributed by atoms with E-state index in [4.69, 9.17) is 9.52 Å². The number of furan rings is 1. The molecule has 6 heteroatoms. The van der Waals surface area contributed by atoms with E-state index in [1.807, 2.05) is 12.1 Å². The van der Waals surface area contributed by atoms with E-state index in [0.29, 0.717) is 17.6 Å². The van der Waals surface area contributed by atoms with Crippen LogP contribution in [-0.4, -0.2) is 17.0 Å². The number of rotatable bonds is 5. The van der Waals surface area contributed by atoms with Gasteiger partial charge in [0.2, 0.25) is 0 Å². The molecule has 1 fully saturated rings. The average molecular weight is 336 g/mol. The molecule has 2 N–H and O–H groups in total. The van der Waals surface area contributed by atoms with E-state index >= 15 is 0 Å². The first kappa shape index (κ1) is 16.5. The fourth-order valence-corrected chi connectivity index (χ4v) is 2.62. The number of nitrogens with zero attached hydrogens (tertiary/aromatic N) is 1. The summed E-state index contributed by atoms with van der Waals surface area (Å²) in [6, 6.07) is 11.4. The van der Waals surface area contributed by atoms with E-state index < -0.39 is 11.9 Å². The average Bonchev–Trinajstić information content (AvgIpc) is 3.14. The molecule has 1 amide bonds. The van der Waals surface area contributed by atoms with E-state index in [0.717, 1.165) is 12.2 Å². The molecule has 0 aliphatic heterocycles. The largest absolute Gasteiger partial charge is 0.478 e. The molecule has 25 heavy (non-hydrogen) atoms. The molecule has 1 aromatic heterocycles. The molecule has 0 spiro atoms. The molecule has 6 nitrogen and oxygen atoms in total. The Bertz CT molecular complexity index is 904. The quantitative estimate of drug-likeness (QED) is 0.641. The Labute approximate surface area is 144 Å². The van der Waals surface area contributed by atoms with E-state index in [1.54, 1.807) is 18.2 Å². The minimum atomic E-state index is -1.16. The van der Waals surface area contributed by atoms with Gasteiger partial charge < -0.3 is 14.8 Å². The zero-order valence-electron chi connectivity index (χ0n) is 13.5. The number of para-hydroxylation sites is 1. The first-order valence-electron chi connectivity index (χ1n) is 7.84. The predicted molar refractivity (Wildman–Crippen MR) is 90.9 cm³/mol. The van der Waals surface area contributed by atoms with Gasteiger partial charge in [-0.2, -0.15) is 5.26 Å². The molecule has 1 heterocycles. The lowest BCUT2D eigenvalue weighted by atomic mass is 10.1. The SMILES string of the molecule is C[C@@H]1C[C@@H]1c1ccc(/C=C(\C#N)C(=O)Nc2ccccc2C(=O)O)o1. The molecule has 0 saturated heterocycles. The number of nitriles is 1. The number of amides is 1. The molecule has 3 rings (SSSR count). The molecule has 1 saturated carbocycles. The van der Waals surface area contributed by atoms with Gasteiger partial charge in [-0.3, -0.25) is 4.79 Å². The third kappa shape index (κ3) is 3.61. The van der Waals surface area contributed by atoms with Gasteiger partial charge in [-0.1, -0.05) is 19.1 Å². The van der Waals surface area contributed by atoms with Crippen molar-refractivity contribution in [2.45, 2.75) is 19.3 Å². The lowest BCUT2D eigenvalue weighted by molar-refractivity contribution is -0.112. The second-order valence-corrected chi connectivity index (χ2v) is 6.03. The summed E-state index contributed by atoms with van der Waals surface area (Å²) < 4.78 is 5.67. The highest BCUT2D eigenvalue weighted by Crippen LogP contribution is 2.47. The summed E-state index contributed by atoms with van der Waals surface area (Å²) in [5.74, 6) is 0.430. The molecule has 2 atom stereocenters. The fraction of sp³-hybridized carbons (Fsp3) is 0.211. The Kier molecular flexibility index (Phi) is 4.40. The van der Waals surface area contributed by atoms with Gasteiger partial charge in [-0.05, 0) is 36.6 Å². The monoisotopic (exact) mass is 336 g/mol. The van der Waals surface area contributed by atoms with Crippen LogP contribution in [0.1, 0.15) is 41.1 Å². The molecule has 1 aromatic carbocycles. The van der Waals surface area contributed by atoms with Gasteiger partial charge in [-0.15, -0.1) is 0 Å². The Morgan fingerprint density at radius 2 is 2.04 bits per heavy atom. The molecular formula is C19H16N2O4. The smallest absolute Gasteiger partial charge is 0.337 e. The normalized spacial score (nSPS) is 19.1. The lowest BCUT2D eigenvalue weighted by Gasteiger charge is -2.07. The maximum absolute atomic E-state index is 12.3. The van der Waals surface area contributed by atoms with Crippen LogP contribution in [0.25, 0.3) is 6.08 Å². The Balaban J connectivity index is 1.79. The second kappa shape index (κ2) is 6.65. The van der Waals surface area contributed by atoms with Crippen molar-refractivity contribution >= 4 is 23.6 Å². The van der Waals surface area contributed by atoms with Crippen LogP contribution >= 0.6 is 0 Å². The van der Waals surface area contributed by atoms with Crippen molar-refractivity contribution in [2.75, 3.05) is 5.32 Å². The van der Waals surface area contributed by atoms with E-state index in [-0.39, 0.29) is 16.8 Å². The van der Waals surface area contributed by atoms with Crippen molar-refractivity contribution in [2.24, 2.45) is 5.92 Å². The first-order chi connectivity index (χ1) is 12.0. The summed E-state index contributed by atoms with van der Waals surface area (Å²) in [6.07, 6.45) is 2.43. The molecule has 0 bridgehead atoms. The zero-order valence-corrected chi connectivity index (χ0v) is 13.5. The third-order valence-electron chi connectivity index (χ3n) is 4.18. The Morgan fingerprint density at radius 3 is 2.68 bits per heavy atom. The Morgan fingerprint density at radius 1 is 1.32 bits per heavy atom. The predicted octanol–water partition coefficient (Wildman–Crippen LogP) is 3.65. The van der Waals surface area contributed by atoms with Gasteiger partial charge in [0, 0.05) is 12.0 Å². The summed E-state index contributed by atoms with van der Waals surface area (Å²) >= 11 is 0. The molecule has 2 aromatic rings. The summed E-state index contributed by atoms with van der Waals surface area (Å²) in [6.45, 7) is 2.14. The maximum Gasteiger partial charge on any atom is 0.337 e. The lowest BCUT2D eigenvalue weighted by Crippen LogP contribution is -2.16. The Hall–Kier alpha value is -3.33. The van der Waals surface area contributed by atoms with Gasteiger partial charge in [0.25, 0.3) is 5.91 Å². The highest BCUT2D eigenvalue weighted by Gasteiger charge is 2.36. The van der Waals surface area contributed by atoms with Crippen molar-refractivity contribution in [3.05, 3.63) is 59.1 Å². The third-order valence-corrected chi connectivity index (χ3v) is 4.18. The number of carboxylic acids is 1. The summed E-state index contributed by atoms with van der Waals surface area (Å²) in [5.41, 5.74) is -0.0748. The highest BCUT2D eigenvalue weighted by molar-refractivity contribution is 6.11. The van der Waals surface area contributed by atoms with Crippen LogP contribution in [0.3, 0.4) is 0 Å². The number of carbonyl (C=O) groups is 2. The van der Waals surface area contributed by atoms with E-state index in [2.05, 4.69) is 12.2 Å². The van der Waals surface area contributed by atoms with Crippen LogP contribution in [-0.2, 0) is 4.79 Å².